The van der Waals surface area contributed by atoms with Crippen molar-refractivity contribution in [3.8, 4) is 0 Å². The molecule has 0 aliphatic heterocycles. The summed E-state index contributed by atoms with van der Waals surface area (Å²) in [7, 11) is 1.73. The molecule has 2 rings (SSSR count). The Morgan fingerprint density at radius 1 is 1.29 bits per heavy atom. The van der Waals surface area contributed by atoms with Gasteiger partial charge >= 0.3 is 6.18 Å². The van der Waals surface area contributed by atoms with Crippen molar-refractivity contribution in [2.45, 2.75) is 25.7 Å². The van der Waals surface area contributed by atoms with Gasteiger partial charge in [-0.15, -0.1) is 0 Å². The molecular weight excluding hydrogens is 303 g/mol. The Labute approximate surface area is 125 Å². The SMILES string of the molecule is CCn1ncc(Cl)c1C(NC)c1ccc(C(F)(F)F)cc1. The number of rotatable bonds is 4. The van der Waals surface area contributed by atoms with Crippen molar-refractivity contribution in [2.24, 2.45) is 0 Å². The lowest BCUT2D eigenvalue weighted by Crippen LogP contribution is -2.22. The number of nitrogens with zero attached hydrogens (tertiary/aromatic N) is 2. The molecule has 1 aromatic carbocycles. The fourth-order valence-corrected chi connectivity index (χ4v) is 2.49. The Morgan fingerprint density at radius 2 is 1.90 bits per heavy atom. The number of alkyl halides is 3. The second kappa shape index (κ2) is 6.07. The van der Waals surface area contributed by atoms with Gasteiger partial charge in [0, 0.05) is 6.54 Å². The van der Waals surface area contributed by atoms with Crippen LogP contribution in [0.2, 0.25) is 5.02 Å². The minimum Gasteiger partial charge on any atom is -0.308 e. The zero-order valence-corrected chi connectivity index (χ0v) is 12.3. The van der Waals surface area contributed by atoms with E-state index in [9.17, 15) is 13.2 Å². The third kappa shape index (κ3) is 3.22. The minimum atomic E-state index is -4.34. The summed E-state index contributed by atoms with van der Waals surface area (Å²) in [5.41, 5.74) is 0.764. The first kappa shape index (κ1) is 15.9. The molecule has 7 heteroatoms. The van der Waals surface area contributed by atoms with Crippen molar-refractivity contribution in [1.29, 1.82) is 0 Å². The van der Waals surface area contributed by atoms with E-state index in [0.29, 0.717) is 17.1 Å². The molecule has 1 aromatic heterocycles. The van der Waals surface area contributed by atoms with Crippen LogP contribution in [0.1, 0.15) is 29.8 Å². The maximum atomic E-state index is 12.6. The monoisotopic (exact) mass is 317 g/mol. The molecule has 1 heterocycles. The Kier molecular flexibility index (Phi) is 4.58. The molecule has 0 aliphatic carbocycles. The van der Waals surface area contributed by atoms with Gasteiger partial charge in [0.1, 0.15) is 0 Å². The smallest absolute Gasteiger partial charge is 0.308 e. The third-order valence-electron chi connectivity index (χ3n) is 3.27. The Hall–Kier alpha value is -1.53. The molecule has 1 N–H and O–H groups in total. The summed E-state index contributed by atoms with van der Waals surface area (Å²) in [4.78, 5) is 0. The van der Waals surface area contributed by atoms with E-state index in [1.54, 1.807) is 11.7 Å². The lowest BCUT2D eigenvalue weighted by atomic mass is 10.0. The zero-order valence-electron chi connectivity index (χ0n) is 11.6. The van der Waals surface area contributed by atoms with E-state index in [1.165, 1.54) is 18.3 Å². The van der Waals surface area contributed by atoms with Crippen LogP contribution < -0.4 is 5.32 Å². The molecule has 0 spiro atoms. The molecule has 21 heavy (non-hydrogen) atoms. The van der Waals surface area contributed by atoms with Crippen molar-refractivity contribution >= 4 is 11.6 Å². The molecular formula is C14H15ClF3N3. The molecule has 0 saturated carbocycles. The van der Waals surface area contributed by atoms with E-state index in [2.05, 4.69) is 10.4 Å². The summed E-state index contributed by atoms with van der Waals surface area (Å²) < 4.78 is 39.5. The van der Waals surface area contributed by atoms with Crippen LogP contribution >= 0.6 is 11.6 Å². The van der Waals surface area contributed by atoms with Gasteiger partial charge < -0.3 is 5.32 Å². The normalized spacial score (nSPS) is 13.4. The van der Waals surface area contributed by atoms with Crippen molar-refractivity contribution in [3.63, 3.8) is 0 Å². The van der Waals surface area contributed by atoms with Gasteiger partial charge in [-0.05, 0) is 31.7 Å². The second-order valence-electron chi connectivity index (χ2n) is 4.53. The van der Waals surface area contributed by atoms with Gasteiger partial charge in [0.15, 0.2) is 0 Å². The van der Waals surface area contributed by atoms with Crippen LogP contribution in [0.25, 0.3) is 0 Å². The number of aromatic nitrogens is 2. The summed E-state index contributed by atoms with van der Waals surface area (Å²) in [6, 6.07) is 4.73. The zero-order chi connectivity index (χ0) is 15.6. The van der Waals surface area contributed by atoms with Gasteiger partial charge in [-0.25, -0.2) is 0 Å². The van der Waals surface area contributed by atoms with E-state index in [4.69, 9.17) is 11.6 Å². The fraction of sp³-hybridized carbons (Fsp3) is 0.357. The number of hydrogen-bond donors (Lipinski definition) is 1. The van der Waals surface area contributed by atoms with Gasteiger partial charge in [-0.2, -0.15) is 18.3 Å². The molecule has 1 atom stereocenters. The molecule has 114 valence electrons. The maximum Gasteiger partial charge on any atom is 0.416 e. The summed E-state index contributed by atoms with van der Waals surface area (Å²) in [6.45, 7) is 2.55. The van der Waals surface area contributed by atoms with Crippen LogP contribution in [0, 0.1) is 0 Å². The number of benzene rings is 1. The maximum absolute atomic E-state index is 12.6. The van der Waals surface area contributed by atoms with Crippen LogP contribution in [0.3, 0.4) is 0 Å². The van der Waals surface area contributed by atoms with Crippen molar-refractivity contribution < 1.29 is 13.2 Å². The third-order valence-corrected chi connectivity index (χ3v) is 3.56. The van der Waals surface area contributed by atoms with E-state index in [-0.39, 0.29) is 6.04 Å². The lowest BCUT2D eigenvalue weighted by Gasteiger charge is -2.19. The van der Waals surface area contributed by atoms with Gasteiger partial charge in [-0.3, -0.25) is 4.68 Å². The average molecular weight is 318 g/mol. The van der Waals surface area contributed by atoms with E-state index in [1.807, 2.05) is 6.92 Å². The number of hydrogen-bond acceptors (Lipinski definition) is 2. The molecule has 0 radical (unpaired) electrons. The number of nitrogens with one attached hydrogen (secondary N) is 1. The molecule has 0 amide bonds. The van der Waals surface area contributed by atoms with Crippen molar-refractivity contribution in [3.05, 3.63) is 52.3 Å². The average Bonchev–Trinajstić information content (AvgIpc) is 2.81. The van der Waals surface area contributed by atoms with Gasteiger partial charge in [0.25, 0.3) is 0 Å². The predicted octanol–water partition coefficient (Wildman–Crippen LogP) is 3.88. The molecule has 0 aliphatic rings. The van der Waals surface area contributed by atoms with E-state index < -0.39 is 11.7 Å². The Balaban J connectivity index is 2.40. The van der Waals surface area contributed by atoms with E-state index >= 15 is 0 Å². The van der Waals surface area contributed by atoms with Crippen molar-refractivity contribution in [1.82, 2.24) is 15.1 Å². The molecule has 3 nitrogen and oxygen atoms in total. The van der Waals surface area contributed by atoms with Crippen molar-refractivity contribution in [2.75, 3.05) is 7.05 Å². The first-order chi connectivity index (χ1) is 9.88. The molecule has 1 unspecified atom stereocenters. The molecule has 0 fully saturated rings. The highest BCUT2D eigenvalue weighted by atomic mass is 35.5. The van der Waals surface area contributed by atoms with Crippen LogP contribution in [0.15, 0.2) is 30.5 Å². The fourth-order valence-electron chi connectivity index (χ4n) is 2.24. The molecule has 2 aromatic rings. The summed E-state index contributed by atoms with van der Waals surface area (Å²) in [5.74, 6) is 0. The topological polar surface area (TPSA) is 29.9 Å². The van der Waals surface area contributed by atoms with Crippen LogP contribution in [0.5, 0.6) is 0 Å². The minimum absolute atomic E-state index is 0.317. The molecule has 0 bridgehead atoms. The number of halogens is 4. The summed E-state index contributed by atoms with van der Waals surface area (Å²) in [6.07, 6.45) is -2.80. The standard InChI is InChI=1S/C14H15ClF3N3/c1-3-21-13(11(15)8-20-21)12(19-2)9-4-6-10(7-5-9)14(16,17)18/h4-8,12,19H,3H2,1-2H3. The van der Waals surface area contributed by atoms with Gasteiger partial charge in [-0.1, -0.05) is 23.7 Å². The summed E-state index contributed by atoms with van der Waals surface area (Å²) in [5, 5.41) is 7.70. The second-order valence-corrected chi connectivity index (χ2v) is 4.94. The Bertz CT molecular complexity index is 605. The first-order valence-electron chi connectivity index (χ1n) is 6.44. The first-order valence-corrected chi connectivity index (χ1v) is 6.82. The highest BCUT2D eigenvalue weighted by molar-refractivity contribution is 6.31. The highest BCUT2D eigenvalue weighted by Crippen LogP contribution is 2.32. The molecule has 0 saturated heterocycles. The Morgan fingerprint density at radius 3 is 2.38 bits per heavy atom. The van der Waals surface area contributed by atoms with Gasteiger partial charge in [0.2, 0.25) is 0 Å². The quantitative estimate of drug-likeness (QED) is 0.927. The lowest BCUT2D eigenvalue weighted by molar-refractivity contribution is -0.137. The highest BCUT2D eigenvalue weighted by Gasteiger charge is 2.30. The van der Waals surface area contributed by atoms with Crippen LogP contribution in [-0.2, 0) is 12.7 Å². The van der Waals surface area contributed by atoms with Crippen LogP contribution in [0.4, 0.5) is 13.2 Å². The van der Waals surface area contributed by atoms with Crippen LogP contribution in [-0.4, -0.2) is 16.8 Å². The van der Waals surface area contributed by atoms with E-state index in [0.717, 1.165) is 17.8 Å². The predicted molar refractivity (Wildman–Crippen MR) is 75.3 cm³/mol. The number of aryl methyl sites for hydroxylation is 1. The summed E-state index contributed by atoms with van der Waals surface area (Å²) >= 11 is 6.15. The van der Waals surface area contributed by atoms with Gasteiger partial charge in [0.05, 0.1) is 28.5 Å². The largest absolute Gasteiger partial charge is 0.416 e.